The van der Waals surface area contributed by atoms with Crippen molar-refractivity contribution in [1.82, 2.24) is 8.96 Å². The van der Waals surface area contributed by atoms with E-state index in [4.69, 9.17) is 0 Å². The van der Waals surface area contributed by atoms with Crippen molar-refractivity contribution in [1.29, 1.82) is 0 Å². The molecule has 0 fully saturated rings. The number of fused-ring (bicyclic) bond motifs is 1. The summed E-state index contributed by atoms with van der Waals surface area (Å²) in [7, 11) is -13.3. The maximum atomic E-state index is 15.8. The molecule has 0 spiro atoms. The van der Waals surface area contributed by atoms with Crippen molar-refractivity contribution in [2.75, 3.05) is 16.2 Å². The number of hydrogen-bond donors (Lipinski definition) is 1. The normalized spacial score (nSPS) is 13.1. The molecule has 1 unspecified atom stereocenters. The predicted octanol–water partition coefficient (Wildman–Crippen LogP) is 5.50. The van der Waals surface area contributed by atoms with Crippen molar-refractivity contribution in [3.05, 3.63) is 100 Å². The average molecular weight is 745 g/mol. The van der Waals surface area contributed by atoms with Crippen molar-refractivity contribution in [3.63, 3.8) is 0 Å². The summed E-state index contributed by atoms with van der Waals surface area (Å²) in [6, 6.07) is 11.0. The number of sulfonamides is 1. The standard InChI is InChI=1S/C29H28BrF2N3O7S3/c1-4-13-44(39,40)35-16-22(21-14-20(30)15-33-29(21)35)28(36)26-23(31)11-12-24(27(26)32)34-45(41,42)25(5-2)43(37,38)17-18(3)19-9-7-6-8-10-19/h6-12,14-16,25,34H,3-5,13,17H2,1-2H3. The molecule has 0 radical (unpaired) electrons. The highest BCUT2D eigenvalue weighted by atomic mass is 79.9. The number of anilines is 1. The quantitative estimate of drug-likeness (QED) is 0.177. The zero-order valence-electron chi connectivity index (χ0n) is 24.0. The number of hydrogen-bond acceptors (Lipinski definition) is 8. The third-order valence-electron chi connectivity index (χ3n) is 6.79. The van der Waals surface area contributed by atoms with Gasteiger partial charge in [-0.05, 0) is 58.1 Å². The minimum absolute atomic E-state index is 0.0328. The number of carbonyl (C=O) groups is 1. The lowest BCUT2D eigenvalue weighted by molar-refractivity contribution is 0.103. The Balaban J connectivity index is 1.74. The van der Waals surface area contributed by atoms with Crippen LogP contribution in [0.15, 0.2) is 72.0 Å². The molecule has 2 heterocycles. The summed E-state index contributed by atoms with van der Waals surface area (Å²) >= 11 is 3.19. The van der Waals surface area contributed by atoms with Gasteiger partial charge in [0.1, 0.15) is 5.82 Å². The van der Waals surface area contributed by atoms with Crippen LogP contribution in [0.3, 0.4) is 0 Å². The third kappa shape index (κ3) is 7.03. The molecule has 0 aliphatic rings. The summed E-state index contributed by atoms with van der Waals surface area (Å²) in [5.74, 6) is -5.28. The van der Waals surface area contributed by atoms with Crippen LogP contribution in [0, 0.1) is 11.6 Å². The van der Waals surface area contributed by atoms with Crippen LogP contribution in [0.5, 0.6) is 0 Å². The molecule has 1 atom stereocenters. The molecule has 4 rings (SSSR count). The number of nitrogens with one attached hydrogen (secondary N) is 1. The Morgan fingerprint density at radius 1 is 1.04 bits per heavy atom. The van der Waals surface area contributed by atoms with Crippen LogP contribution < -0.4 is 4.72 Å². The summed E-state index contributed by atoms with van der Waals surface area (Å²) < 4.78 is 111. The van der Waals surface area contributed by atoms with E-state index >= 15 is 8.78 Å². The Labute approximate surface area is 268 Å². The van der Waals surface area contributed by atoms with Gasteiger partial charge in [0, 0.05) is 22.3 Å². The molecule has 0 bridgehead atoms. The molecule has 0 saturated heterocycles. The largest absolute Gasteiger partial charge is 0.288 e. The summed E-state index contributed by atoms with van der Waals surface area (Å²) in [4.78, 5) is 17.7. The Morgan fingerprint density at radius 3 is 2.33 bits per heavy atom. The highest BCUT2D eigenvalue weighted by Crippen LogP contribution is 2.31. The molecule has 10 nitrogen and oxygen atoms in total. The van der Waals surface area contributed by atoms with Gasteiger partial charge in [0.15, 0.2) is 25.9 Å². The topological polar surface area (TPSA) is 149 Å². The van der Waals surface area contributed by atoms with E-state index in [0.29, 0.717) is 22.2 Å². The molecular formula is C29H28BrF2N3O7S3. The predicted molar refractivity (Wildman–Crippen MR) is 173 cm³/mol. The minimum Gasteiger partial charge on any atom is -0.288 e. The number of rotatable bonds is 13. The highest BCUT2D eigenvalue weighted by Gasteiger charge is 2.38. The summed E-state index contributed by atoms with van der Waals surface area (Å²) in [6.45, 7) is 6.70. The van der Waals surface area contributed by atoms with Crippen LogP contribution in [0.4, 0.5) is 14.5 Å². The lowest BCUT2D eigenvalue weighted by atomic mass is 10.0. The molecule has 0 amide bonds. The van der Waals surface area contributed by atoms with E-state index in [1.165, 1.54) is 19.2 Å². The van der Waals surface area contributed by atoms with Gasteiger partial charge in [-0.15, -0.1) is 0 Å². The molecule has 16 heteroatoms. The number of nitrogens with zero attached hydrogens (tertiary/aromatic N) is 2. The van der Waals surface area contributed by atoms with Crippen molar-refractivity contribution in [3.8, 4) is 0 Å². The molecular weight excluding hydrogens is 716 g/mol. The second kappa shape index (κ2) is 13.1. The Kier molecular flexibility index (Phi) is 10.0. The highest BCUT2D eigenvalue weighted by molar-refractivity contribution is 9.10. The number of sulfone groups is 1. The number of halogens is 3. The fourth-order valence-corrected chi connectivity index (χ4v) is 10.7. The number of benzene rings is 2. The SMILES string of the molecule is C=C(CS(=O)(=O)C(CC)S(=O)(=O)Nc1ccc(F)c(C(=O)c2cn(S(=O)(=O)CCC)c3ncc(Br)cc23)c1F)c1ccccc1. The van der Waals surface area contributed by atoms with Crippen LogP contribution in [0.1, 0.15) is 48.2 Å². The van der Waals surface area contributed by atoms with Crippen molar-refractivity contribution in [2.24, 2.45) is 0 Å². The first-order valence-electron chi connectivity index (χ1n) is 13.4. The molecule has 0 saturated carbocycles. The van der Waals surface area contributed by atoms with Crippen LogP contribution in [0.2, 0.25) is 0 Å². The fourth-order valence-electron chi connectivity index (χ4n) is 4.76. The van der Waals surface area contributed by atoms with Crippen LogP contribution in [-0.4, -0.2) is 56.1 Å². The van der Waals surface area contributed by atoms with Crippen LogP contribution in [0.25, 0.3) is 16.6 Å². The smallest absolute Gasteiger partial charge is 0.250 e. The minimum atomic E-state index is -4.87. The molecule has 45 heavy (non-hydrogen) atoms. The Hall–Kier alpha value is -3.47. The third-order valence-corrected chi connectivity index (χ3v) is 14.1. The first-order chi connectivity index (χ1) is 21.0. The number of pyridine rings is 1. The first-order valence-corrected chi connectivity index (χ1v) is 19.1. The first kappa shape index (κ1) is 34.4. The van der Waals surface area contributed by atoms with E-state index in [0.717, 1.165) is 10.2 Å². The maximum Gasteiger partial charge on any atom is 0.250 e. The second-order valence-electron chi connectivity index (χ2n) is 10.1. The summed E-state index contributed by atoms with van der Waals surface area (Å²) in [5, 5.41) is -0.0328. The van der Waals surface area contributed by atoms with Crippen LogP contribution >= 0.6 is 15.9 Å². The van der Waals surface area contributed by atoms with Crippen molar-refractivity contribution in [2.45, 2.75) is 31.3 Å². The lowest BCUT2D eigenvalue weighted by Gasteiger charge is -2.19. The molecule has 240 valence electrons. The zero-order chi connectivity index (χ0) is 33.3. The fraction of sp³-hybridized carbons (Fsp3) is 0.241. The van der Waals surface area contributed by atoms with Gasteiger partial charge >= 0.3 is 0 Å². The number of aromatic nitrogens is 2. The van der Waals surface area contributed by atoms with Crippen molar-refractivity contribution >= 4 is 73.9 Å². The van der Waals surface area contributed by atoms with Gasteiger partial charge in [-0.3, -0.25) is 9.52 Å². The lowest BCUT2D eigenvalue weighted by Crippen LogP contribution is -2.36. The molecule has 0 aliphatic heterocycles. The Morgan fingerprint density at radius 2 is 1.71 bits per heavy atom. The zero-order valence-corrected chi connectivity index (χ0v) is 28.0. The van der Waals surface area contributed by atoms with Gasteiger partial charge in [0.2, 0.25) is 25.8 Å². The van der Waals surface area contributed by atoms with Crippen molar-refractivity contribution < 1.29 is 38.8 Å². The maximum absolute atomic E-state index is 15.8. The van der Waals surface area contributed by atoms with E-state index in [2.05, 4.69) is 27.5 Å². The molecule has 4 aromatic rings. The average Bonchev–Trinajstić information content (AvgIpc) is 3.34. The van der Waals surface area contributed by atoms with E-state index in [1.54, 1.807) is 37.3 Å². The number of carbonyl (C=O) groups excluding carboxylic acids is 1. The van der Waals surface area contributed by atoms with E-state index in [9.17, 15) is 30.0 Å². The van der Waals surface area contributed by atoms with Gasteiger partial charge < -0.3 is 0 Å². The molecule has 2 aromatic heterocycles. The van der Waals surface area contributed by atoms with E-state index in [-0.39, 0.29) is 28.8 Å². The Bertz CT molecular complexity index is 2140. The second-order valence-corrected chi connectivity index (χ2v) is 17.3. The van der Waals surface area contributed by atoms with Gasteiger partial charge in [-0.2, -0.15) is 0 Å². The van der Waals surface area contributed by atoms with Gasteiger partial charge in [0.25, 0.3) is 0 Å². The van der Waals surface area contributed by atoms with Gasteiger partial charge in [0.05, 0.1) is 28.3 Å². The summed E-state index contributed by atoms with van der Waals surface area (Å²) in [6.07, 6.45) is 2.02. The van der Waals surface area contributed by atoms with E-state index < -0.39 is 80.9 Å². The molecule has 2 aromatic carbocycles. The molecule has 1 N–H and O–H groups in total. The monoisotopic (exact) mass is 743 g/mol. The summed E-state index contributed by atoms with van der Waals surface area (Å²) in [5.41, 5.74) is -2.00. The van der Waals surface area contributed by atoms with Gasteiger partial charge in [-0.25, -0.2) is 43.0 Å². The van der Waals surface area contributed by atoms with Gasteiger partial charge in [-0.1, -0.05) is 50.8 Å². The number of ketones is 1. The molecule has 0 aliphatic carbocycles. The van der Waals surface area contributed by atoms with Crippen LogP contribution in [-0.2, 0) is 29.9 Å². The van der Waals surface area contributed by atoms with E-state index in [1.807, 2.05) is 4.72 Å².